The van der Waals surface area contributed by atoms with Gasteiger partial charge >= 0.3 is 0 Å². The van der Waals surface area contributed by atoms with E-state index in [1.165, 1.54) is 24.5 Å². The number of ether oxygens (including phenoxy) is 2. The zero-order chi connectivity index (χ0) is 21.5. The van der Waals surface area contributed by atoms with E-state index in [1.54, 1.807) is 30.3 Å². The minimum atomic E-state index is -1.06. The lowest BCUT2D eigenvalue weighted by Crippen LogP contribution is -2.29. The highest BCUT2D eigenvalue weighted by atomic mass is 19.1. The van der Waals surface area contributed by atoms with E-state index < -0.39 is 29.3 Å². The fraction of sp³-hybridized carbons (Fsp3) is 0.130. The number of hydrogen-bond donors (Lipinski definition) is 1. The second-order valence-electron chi connectivity index (χ2n) is 7.02. The number of Topliss-reactive ketones (excluding diaryl/α,β-unsaturated/α-hetero) is 1. The van der Waals surface area contributed by atoms with Gasteiger partial charge in [-0.3, -0.25) is 14.5 Å². The Hall–Kier alpha value is -4.07. The van der Waals surface area contributed by atoms with Gasteiger partial charge in [0.05, 0.1) is 11.8 Å². The summed E-state index contributed by atoms with van der Waals surface area (Å²) in [6.07, 6.45) is 1.39. The van der Waals surface area contributed by atoms with Gasteiger partial charge in [-0.25, -0.2) is 4.39 Å². The molecule has 8 heteroatoms. The third-order valence-electron chi connectivity index (χ3n) is 5.16. The molecule has 2 aromatic carbocycles. The van der Waals surface area contributed by atoms with E-state index in [-0.39, 0.29) is 22.6 Å². The zero-order valence-corrected chi connectivity index (χ0v) is 16.1. The highest BCUT2D eigenvalue weighted by Crippen LogP contribution is 2.43. The van der Waals surface area contributed by atoms with Crippen LogP contribution in [0.4, 0.5) is 10.1 Å². The number of halogens is 1. The van der Waals surface area contributed by atoms with E-state index in [0.717, 1.165) is 11.0 Å². The molecule has 5 rings (SSSR count). The largest absolute Gasteiger partial charge is 0.507 e. The quantitative estimate of drug-likeness (QED) is 0.393. The van der Waals surface area contributed by atoms with Gasteiger partial charge in [0.25, 0.3) is 11.7 Å². The maximum Gasteiger partial charge on any atom is 0.300 e. The summed E-state index contributed by atoms with van der Waals surface area (Å²) in [5, 5.41) is 11.1. The molecule has 1 fully saturated rings. The van der Waals surface area contributed by atoms with Crippen molar-refractivity contribution in [3.05, 3.63) is 83.6 Å². The first-order chi connectivity index (χ1) is 15.0. The molecule has 0 bridgehead atoms. The maximum absolute atomic E-state index is 13.9. The first kappa shape index (κ1) is 18.9. The fourth-order valence-corrected chi connectivity index (χ4v) is 3.79. The topological polar surface area (TPSA) is 89.2 Å². The average molecular weight is 421 g/mol. The van der Waals surface area contributed by atoms with Crippen molar-refractivity contribution in [1.82, 2.24) is 0 Å². The number of rotatable bonds is 3. The van der Waals surface area contributed by atoms with E-state index >= 15 is 0 Å². The Kier molecular flexibility index (Phi) is 4.47. The van der Waals surface area contributed by atoms with Crippen LogP contribution in [0.5, 0.6) is 11.5 Å². The van der Waals surface area contributed by atoms with Gasteiger partial charge in [0.15, 0.2) is 11.5 Å². The summed E-state index contributed by atoms with van der Waals surface area (Å²) in [6, 6.07) is 12.2. The Bertz CT molecular complexity index is 1220. The monoisotopic (exact) mass is 421 g/mol. The molecule has 1 atom stereocenters. The molecular weight excluding hydrogens is 405 g/mol. The maximum atomic E-state index is 13.9. The molecule has 0 saturated carbocycles. The van der Waals surface area contributed by atoms with Crippen molar-refractivity contribution in [2.45, 2.75) is 6.04 Å². The van der Waals surface area contributed by atoms with Crippen molar-refractivity contribution in [3.8, 4) is 11.5 Å². The van der Waals surface area contributed by atoms with E-state index in [2.05, 4.69) is 0 Å². The molecule has 0 aliphatic carbocycles. The molecule has 0 radical (unpaired) electrons. The molecule has 156 valence electrons. The number of benzene rings is 2. The lowest BCUT2D eigenvalue weighted by atomic mass is 9.99. The first-order valence-corrected chi connectivity index (χ1v) is 9.54. The molecule has 31 heavy (non-hydrogen) atoms. The van der Waals surface area contributed by atoms with Gasteiger partial charge in [-0.1, -0.05) is 6.07 Å². The molecule has 2 aliphatic rings. The van der Waals surface area contributed by atoms with Gasteiger partial charge < -0.3 is 19.0 Å². The van der Waals surface area contributed by atoms with Crippen molar-refractivity contribution in [2.75, 3.05) is 18.1 Å². The number of nitrogens with zero attached hydrogens (tertiary/aromatic N) is 1. The number of amides is 1. The van der Waals surface area contributed by atoms with Gasteiger partial charge in [-0.2, -0.15) is 0 Å². The number of aliphatic hydroxyl groups is 1. The molecule has 3 aromatic rings. The van der Waals surface area contributed by atoms with E-state index in [4.69, 9.17) is 13.9 Å². The molecule has 2 aliphatic heterocycles. The summed E-state index contributed by atoms with van der Waals surface area (Å²) in [6.45, 7) is 0.767. The number of furan rings is 1. The standard InChI is InChI=1S/C23H16FNO6/c24-14-3-1-4-15(12-14)25-20(17-5-2-8-29-17)19(22(27)23(25)28)21(26)13-6-7-16-18(11-13)31-10-9-30-16/h1-8,11-12,20,26H,9-10H2/b21-19-. The van der Waals surface area contributed by atoms with Crippen molar-refractivity contribution < 1.29 is 33.0 Å². The van der Waals surface area contributed by atoms with Gasteiger partial charge in [-0.15, -0.1) is 0 Å². The average Bonchev–Trinajstić information content (AvgIpc) is 3.40. The lowest BCUT2D eigenvalue weighted by molar-refractivity contribution is -0.132. The van der Waals surface area contributed by atoms with Crippen LogP contribution in [0, 0.1) is 5.82 Å². The summed E-state index contributed by atoms with van der Waals surface area (Å²) < 4.78 is 30.4. The second kappa shape index (κ2) is 7.32. The number of fused-ring (bicyclic) bond motifs is 1. The van der Waals surface area contributed by atoms with Crippen molar-refractivity contribution >= 4 is 23.1 Å². The van der Waals surface area contributed by atoms with Crippen LogP contribution in [0.1, 0.15) is 17.4 Å². The molecule has 3 heterocycles. The van der Waals surface area contributed by atoms with Crippen LogP contribution < -0.4 is 14.4 Å². The minimum Gasteiger partial charge on any atom is -0.507 e. The van der Waals surface area contributed by atoms with Crippen LogP contribution >= 0.6 is 0 Å². The van der Waals surface area contributed by atoms with Crippen LogP contribution in [0.15, 0.2) is 70.9 Å². The fourth-order valence-electron chi connectivity index (χ4n) is 3.79. The van der Waals surface area contributed by atoms with Crippen LogP contribution in [0.3, 0.4) is 0 Å². The summed E-state index contributed by atoms with van der Waals surface area (Å²) in [4.78, 5) is 27.0. The summed E-state index contributed by atoms with van der Waals surface area (Å²) in [5.41, 5.74) is 0.281. The first-order valence-electron chi connectivity index (χ1n) is 9.54. The van der Waals surface area contributed by atoms with Crippen LogP contribution in [-0.2, 0) is 9.59 Å². The molecule has 7 nitrogen and oxygen atoms in total. The predicted molar refractivity (Wildman–Crippen MR) is 107 cm³/mol. The molecule has 0 spiro atoms. The van der Waals surface area contributed by atoms with Gasteiger partial charge in [0, 0.05) is 11.3 Å². The highest BCUT2D eigenvalue weighted by Gasteiger charge is 2.48. The smallest absolute Gasteiger partial charge is 0.300 e. The van der Waals surface area contributed by atoms with Gasteiger partial charge in [-0.05, 0) is 48.5 Å². The summed E-state index contributed by atoms with van der Waals surface area (Å²) >= 11 is 0. The third kappa shape index (κ3) is 3.13. The van der Waals surface area contributed by atoms with E-state index in [9.17, 15) is 19.1 Å². The van der Waals surface area contributed by atoms with Gasteiger partial charge in [0.1, 0.15) is 36.6 Å². The molecule has 1 unspecified atom stereocenters. The van der Waals surface area contributed by atoms with Crippen LogP contribution in [0.25, 0.3) is 5.76 Å². The SMILES string of the molecule is O=C1C(=O)N(c2cccc(F)c2)C(c2ccco2)/C1=C(/O)c1ccc2c(c1)OCCO2. The van der Waals surface area contributed by atoms with Crippen LogP contribution in [0.2, 0.25) is 0 Å². The Morgan fingerprint density at radius 2 is 1.81 bits per heavy atom. The van der Waals surface area contributed by atoms with Gasteiger partial charge in [0.2, 0.25) is 0 Å². The minimum absolute atomic E-state index is 0.166. The normalized spacial score (nSPS) is 19.6. The Morgan fingerprint density at radius 1 is 1.00 bits per heavy atom. The number of aliphatic hydroxyl groups excluding tert-OH is 1. The van der Waals surface area contributed by atoms with Crippen molar-refractivity contribution in [3.63, 3.8) is 0 Å². The van der Waals surface area contributed by atoms with Crippen molar-refractivity contribution in [2.24, 2.45) is 0 Å². The Morgan fingerprint density at radius 3 is 2.55 bits per heavy atom. The summed E-state index contributed by atoms with van der Waals surface area (Å²) in [7, 11) is 0. The lowest BCUT2D eigenvalue weighted by Gasteiger charge is -2.23. The second-order valence-corrected chi connectivity index (χ2v) is 7.02. The van der Waals surface area contributed by atoms with E-state index in [1.807, 2.05) is 0 Å². The number of anilines is 1. The number of carbonyl (C=O) groups is 2. The zero-order valence-electron chi connectivity index (χ0n) is 16.1. The molecule has 1 aromatic heterocycles. The predicted octanol–water partition coefficient (Wildman–Crippen LogP) is 3.82. The highest BCUT2D eigenvalue weighted by molar-refractivity contribution is 6.51. The molecule has 1 saturated heterocycles. The van der Waals surface area contributed by atoms with Crippen molar-refractivity contribution in [1.29, 1.82) is 0 Å². The number of hydrogen-bond acceptors (Lipinski definition) is 6. The Balaban J connectivity index is 1.68. The molecule has 1 amide bonds. The molecule has 1 N–H and O–H groups in total. The molecular formula is C23H16FNO6. The third-order valence-corrected chi connectivity index (χ3v) is 5.16. The number of ketones is 1. The number of carbonyl (C=O) groups excluding carboxylic acids is 2. The Labute approximate surface area is 175 Å². The van der Waals surface area contributed by atoms with E-state index in [0.29, 0.717) is 24.7 Å². The van der Waals surface area contributed by atoms with Crippen LogP contribution in [-0.4, -0.2) is 30.0 Å². The summed E-state index contributed by atoms with van der Waals surface area (Å²) in [5.74, 6) is -1.57.